The molecule has 3 aromatic rings. The van der Waals surface area contributed by atoms with Crippen LogP contribution in [0.4, 0.5) is 5.69 Å². The number of aromatic nitrogens is 3. The van der Waals surface area contributed by atoms with Crippen molar-refractivity contribution in [2.24, 2.45) is 5.92 Å². The number of fused-ring (bicyclic) bond motifs is 3. The van der Waals surface area contributed by atoms with Crippen LogP contribution in [0.3, 0.4) is 0 Å². The van der Waals surface area contributed by atoms with Crippen LogP contribution in [0.15, 0.2) is 28.3 Å². The maximum Gasteiger partial charge on any atom is 0.263 e. The Kier molecular flexibility index (Phi) is 6.99. The topological polar surface area (TPSA) is 76.9 Å². The summed E-state index contributed by atoms with van der Waals surface area (Å²) in [4.78, 5) is 36.9. The molecular weight excluding hydrogens is 452 g/mol. The maximum absolute atomic E-state index is 13.5. The Bertz CT molecular complexity index is 1170. The van der Waals surface area contributed by atoms with Gasteiger partial charge in [-0.2, -0.15) is 0 Å². The number of rotatable bonds is 7. The van der Waals surface area contributed by atoms with Gasteiger partial charge in [0.05, 0.1) is 16.8 Å². The Hall–Kier alpha value is -1.90. The minimum atomic E-state index is -0.213. The number of anilines is 1. The summed E-state index contributed by atoms with van der Waals surface area (Å²) in [5, 5.41) is 4.42. The number of amides is 1. The summed E-state index contributed by atoms with van der Waals surface area (Å²) in [7, 11) is 0. The third-order valence-electron chi connectivity index (χ3n) is 5.34. The normalized spacial score (nSPS) is 13.5. The lowest BCUT2D eigenvalue weighted by atomic mass is 9.97. The Morgan fingerprint density at radius 1 is 1.35 bits per heavy atom. The lowest BCUT2D eigenvalue weighted by molar-refractivity contribution is -0.113. The van der Waals surface area contributed by atoms with Crippen LogP contribution in [0.1, 0.15) is 43.6 Å². The first-order valence-electron chi connectivity index (χ1n) is 10.5. The van der Waals surface area contributed by atoms with E-state index >= 15 is 0 Å². The molecule has 1 N–H and O–H groups in total. The van der Waals surface area contributed by atoms with Gasteiger partial charge in [-0.15, -0.1) is 11.3 Å². The van der Waals surface area contributed by atoms with Crippen LogP contribution in [0.5, 0.6) is 0 Å². The number of thioether (sulfide) groups is 1. The molecule has 6 nitrogen and oxygen atoms in total. The molecule has 3 heterocycles. The zero-order valence-corrected chi connectivity index (χ0v) is 20.0. The molecule has 0 spiro atoms. The van der Waals surface area contributed by atoms with Gasteiger partial charge in [0.15, 0.2) is 10.3 Å². The fourth-order valence-corrected chi connectivity index (χ4v) is 6.00. The minimum absolute atomic E-state index is 0.0308. The second-order valence-electron chi connectivity index (χ2n) is 8.10. The summed E-state index contributed by atoms with van der Waals surface area (Å²) < 4.78 is 1.76. The number of aryl methyl sites for hydroxylation is 2. The van der Waals surface area contributed by atoms with E-state index in [1.54, 1.807) is 34.2 Å². The minimum Gasteiger partial charge on any atom is -0.323 e. The average Bonchev–Trinajstić information content (AvgIpc) is 3.11. The second-order valence-corrected chi connectivity index (χ2v) is 10.5. The van der Waals surface area contributed by atoms with E-state index in [1.807, 2.05) is 0 Å². The van der Waals surface area contributed by atoms with Gasteiger partial charge in [-0.1, -0.05) is 37.2 Å². The summed E-state index contributed by atoms with van der Waals surface area (Å²) in [6, 6.07) is 3.42. The van der Waals surface area contributed by atoms with E-state index in [9.17, 15) is 9.59 Å². The third-order valence-corrected chi connectivity index (χ3v) is 7.80. The summed E-state index contributed by atoms with van der Waals surface area (Å²) in [6.07, 6.45) is 6.72. The van der Waals surface area contributed by atoms with Crippen LogP contribution in [0.25, 0.3) is 10.2 Å². The van der Waals surface area contributed by atoms with Crippen molar-refractivity contribution in [2.45, 2.75) is 57.7 Å². The average molecular weight is 477 g/mol. The number of nitrogens with one attached hydrogen (secondary N) is 1. The predicted molar refractivity (Wildman–Crippen MR) is 129 cm³/mol. The van der Waals surface area contributed by atoms with Crippen molar-refractivity contribution in [3.63, 3.8) is 0 Å². The van der Waals surface area contributed by atoms with Crippen molar-refractivity contribution in [3.05, 3.63) is 44.3 Å². The standard InChI is InChI=1S/C22H25ClN4O2S2/c1-13(2)9-11-27-21(29)18-14-6-3-4-8-16(14)31-20(18)26-22(27)30-12-17(28)25-15-7-5-10-24-19(15)23/h5,7,10,13H,3-4,6,8-9,11-12H2,1-2H3,(H,25,28). The Balaban J connectivity index is 1.62. The number of carbonyl (C=O) groups excluding carboxylic acids is 1. The quantitative estimate of drug-likeness (QED) is 0.289. The fraction of sp³-hybridized carbons (Fsp3) is 0.455. The van der Waals surface area contributed by atoms with Crippen LogP contribution >= 0.6 is 34.7 Å². The van der Waals surface area contributed by atoms with Gasteiger partial charge < -0.3 is 5.32 Å². The molecule has 0 unspecified atom stereocenters. The molecule has 164 valence electrons. The lowest BCUT2D eigenvalue weighted by Crippen LogP contribution is -2.25. The van der Waals surface area contributed by atoms with Gasteiger partial charge in [0.1, 0.15) is 4.83 Å². The van der Waals surface area contributed by atoms with Crippen molar-refractivity contribution < 1.29 is 4.79 Å². The fourth-order valence-electron chi connectivity index (χ4n) is 3.71. The highest BCUT2D eigenvalue weighted by Crippen LogP contribution is 2.34. The zero-order valence-electron chi connectivity index (χ0n) is 17.6. The molecule has 31 heavy (non-hydrogen) atoms. The SMILES string of the molecule is CC(C)CCn1c(SCC(=O)Nc2cccnc2Cl)nc2sc3c(c2c1=O)CCCC3. The summed E-state index contributed by atoms with van der Waals surface area (Å²) >= 11 is 8.95. The Morgan fingerprint density at radius 2 is 2.16 bits per heavy atom. The van der Waals surface area contributed by atoms with Gasteiger partial charge in [-0.3, -0.25) is 14.2 Å². The lowest BCUT2D eigenvalue weighted by Gasteiger charge is -2.14. The van der Waals surface area contributed by atoms with E-state index in [-0.39, 0.29) is 22.4 Å². The highest BCUT2D eigenvalue weighted by atomic mass is 35.5. The molecule has 0 fully saturated rings. The number of pyridine rings is 1. The van der Waals surface area contributed by atoms with Crippen LogP contribution in [-0.2, 0) is 24.2 Å². The molecular formula is C22H25ClN4O2S2. The molecule has 1 aliphatic carbocycles. The van der Waals surface area contributed by atoms with Gasteiger partial charge in [-0.25, -0.2) is 9.97 Å². The summed E-state index contributed by atoms with van der Waals surface area (Å²) in [5.74, 6) is 0.388. The van der Waals surface area contributed by atoms with Crippen LogP contribution in [0, 0.1) is 5.92 Å². The Morgan fingerprint density at radius 3 is 2.94 bits per heavy atom. The van der Waals surface area contributed by atoms with E-state index < -0.39 is 0 Å². The van der Waals surface area contributed by atoms with Crippen molar-refractivity contribution in [1.82, 2.24) is 14.5 Å². The number of hydrogen-bond donors (Lipinski definition) is 1. The van der Waals surface area contributed by atoms with Gasteiger partial charge in [0, 0.05) is 17.6 Å². The van der Waals surface area contributed by atoms with E-state index in [0.717, 1.165) is 35.9 Å². The molecule has 0 saturated carbocycles. The second kappa shape index (κ2) is 9.71. The smallest absolute Gasteiger partial charge is 0.263 e. The third kappa shape index (κ3) is 4.96. The monoisotopic (exact) mass is 476 g/mol. The van der Waals surface area contributed by atoms with Gasteiger partial charge >= 0.3 is 0 Å². The van der Waals surface area contributed by atoms with Gasteiger partial charge in [0.2, 0.25) is 5.91 Å². The number of carbonyl (C=O) groups is 1. The summed E-state index contributed by atoms with van der Waals surface area (Å²) in [6.45, 7) is 4.88. The molecule has 0 bridgehead atoms. The maximum atomic E-state index is 13.5. The van der Waals surface area contributed by atoms with Crippen LogP contribution in [-0.4, -0.2) is 26.2 Å². The molecule has 0 aliphatic heterocycles. The molecule has 0 saturated heterocycles. The largest absolute Gasteiger partial charge is 0.323 e. The molecule has 1 aliphatic rings. The Labute approximate surface area is 194 Å². The number of nitrogens with zero attached hydrogens (tertiary/aromatic N) is 3. The number of thiophene rings is 1. The van der Waals surface area contributed by atoms with E-state index in [0.29, 0.717) is 23.3 Å². The molecule has 4 rings (SSSR count). The number of hydrogen-bond acceptors (Lipinski definition) is 6. The van der Waals surface area contributed by atoms with E-state index in [2.05, 4.69) is 24.1 Å². The molecule has 1 amide bonds. The van der Waals surface area contributed by atoms with Gasteiger partial charge in [0.25, 0.3) is 5.56 Å². The van der Waals surface area contributed by atoms with E-state index in [1.165, 1.54) is 28.6 Å². The molecule has 9 heteroatoms. The van der Waals surface area contributed by atoms with Crippen molar-refractivity contribution in [3.8, 4) is 0 Å². The molecule has 3 aromatic heterocycles. The molecule has 0 aromatic carbocycles. The first-order valence-corrected chi connectivity index (χ1v) is 12.7. The molecule has 0 radical (unpaired) electrons. The van der Waals surface area contributed by atoms with Crippen molar-refractivity contribution >= 4 is 56.5 Å². The summed E-state index contributed by atoms with van der Waals surface area (Å²) in [5.41, 5.74) is 1.70. The first kappa shape index (κ1) is 22.3. The van der Waals surface area contributed by atoms with Gasteiger partial charge in [-0.05, 0) is 55.7 Å². The zero-order chi connectivity index (χ0) is 22.0. The molecule has 0 atom stereocenters. The van der Waals surface area contributed by atoms with E-state index in [4.69, 9.17) is 16.6 Å². The first-order chi connectivity index (χ1) is 14.9. The van der Waals surface area contributed by atoms with Crippen LogP contribution < -0.4 is 10.9 Å². The predicted octanol–water partition coefficient (Wildman–Crippen LogP) is 5.16. The van der Waals surface area contributed by atoms with Crippen molar-refractivity contribution in [2.75, 3.05) is 11.1 Å². The highest BCUT2D eigenvalue weighted by Gasteiger charge is 2.22. The van der Waals surface area contributed by atoms with Crippen molar-refractivity contribution in [1.29, 1.82) is 0 Å². The van der Waals surface area contributed by atoms with Crippen LogP contribution in [0.2, 0.25) is 5.15 Å². The highest BCUT2D eigenvalue weighted by molar-refractivity contribution is 7.99. The number of halogens is 1.